The standard InChI is InChI=1S/C5H11N3O.C5H9NO5/c6-5(9)8-3-1-7-2-4-8;1-5(2,4(7)8)3-11-6(9)10/h7H,1-4H2,(H2,6,9);3H2,1-2H3,(H,7,8). The molecule has 10 nitrogen and oxygen atoms in total. The molecule has 0 spiro atoms. The molecule has 116 valence electrons. The minimum Gasteiger partial charge on any atom is -0.481 e. The Morgan fingerprint density at radius 2 is 1.95 bits per heavy atom. The highest BCUT2D eigenvalue weighted by atomic mass is 16.9. The number of carboxylic acid groups (broad SMARTS) is 1. The van der Waals surface area contributed by atoms with Gasteiger partial charge in [-0.25, -0.2) is 4.79 Å². The van der Waals surface area contributed by atoms with Crippen molar-refractivity contribution in [2.45, 2.75) is 13.8 Å². The van der Waals surface area contributed by atoms with Gasteiger partial charge in [0.2, 0.25) is 0 Å². The van der Waals surface area contributed by atoms with Crippen LogP contribution in [0.5, 0.6) is 0 Å². The van der Waals surface area contributed by atoms with E-state index in [0.29, 0.717) is 0 Å². The van der Waals surface area contributed by atoms with Crippen LogP contribution in [0.1, 0.15) is 13.8 Å². The van der Waals surface area contributed by atoms with Gasteiger partial charge in [0.05, 0.1) is 5.41 Å². The van der Waals surface area contributed by atoms with Gasteiger partial charge in [0.1, 0.15) is 6.61 Å². The molecule has 20 heavy (non-hydrogen) atoms. The first-order valence-electron chi connectivity index (χ1n) is 5.92. The Hall–Kier alpha value is -2.10. The molecule has 1 fully saturated rings. The number of hydrogen-bond acceptors (Lipinski definition) is 6. The molecule has 0 aliphatic carbocycles. The molecule has 0 aromatic carbocycles. The van der Waals surface area contributed by atoms with Crippen LogP contribution >= 0.6 is 0 Å². The molecule has 1 rings (SSSR count). The molecule has 0 aromatic rings. The zero-order valence-electron chi connectivity index (χ0n) is 11.5. The van der Waals surface area contributed by atoms with Gasteiger partial charge in [-0.3, -0.25) is 4.79 Å². The maximum absolute atomic E-state index is 10.5. The Balaban J connectivity index is 0.000000367. The van der Waals surface area contributed by atoms with Crippen LogP contribution in [0.4, 0.5) is 4.79 Å². The van der Waals surface area contributed by atoms with E-state index in [1.807, 2.05) is 0 Å². The number of rotatable bonds is 4. The molecule has 2 amide bonds. The zero-order chi connectivity index (χ0) is 15.8. The van der Waals surface area contributed by atoms with E-state index in [-0.39, 0.29) is 6.03 Å². The fourth-order valence-electron chi connectivity index (χ4n) is 1.16. The smallest absolute Gasteiger partial charge is 0.314 e. The number of hydrogen-bond donors (Lipinski definition) is 3. The predicted octanol–water partition coefficient (Wildman–Crippen LogP) is -0.724. The number of carboxylic acids is 1. The molecule has 1 aliphatic rings. The van der Waals surface area contributed by atoms with Crippen molar-refractivity contribution in [2.24, 2.45) is 11.1 Å². The van der Waals surface area contributed by atoms with E-state index in [1.165, 1.54) is 13.8 Å². The SMILES string of the molecule is CC(C)(CO[N+](=O)[O-])C(=O)O.NC(=O)N1CCNCC1. The number of primary amides is 1. The highest BCUT2D eigenvalue weighted by Gasteiger charge is 2.28. The summed E-state index contributed by atoms with van der Waals surface area (Å²) >= 11 is 0. The number of carbonyl (C=O) groups excluding carboxylic acids is 1. The van der Waals surface area contributed by atoms with Gasteiger partial charge in [-0.1, -0.05) is 0 Å². The summed E-state index contributed by atoms with van der Waals surface area (Å²) in [5.74, 6) is -1.13. The van der Waals surface area contributed by atoms with Gasteiger partial charge in [0.15, 0.2) is 0 Å². The van der Waals surface area contributed by atoms with E-state index >= 15 is 0 Å². The minimum absolute atomic E-state index is 0.309. The largest absolute Gasteiger partial charge is 0.481 e. The van der Waals surface area contributed by atoms with Crippen LogP contribution in [0.25, 0.3) is 0 Å². The van der Waals surface area contributed by atoms with Crippen LogP contribution in [-0.4, -0.2) is 59.9 Å². The lowest BCUT2D eigenvalue weighted by Gasteiger charge is -2.25. The lowest BCUT2D eigenvalue weighted by atomic mass is 9.96. The highest BCUT2D eigenvalue weighted by molar-refractivity contribution is 5.73. The zero-order valence-corrected chi connectivity index (χ0v) is 11.5. The fraction of sp³-hybridized carbons (Fsp3) is 0.800. The minimum atomic E-state index is -1.22. The lowest BCUT2D eigenvalue weighted by Crippen LogP contribution is -2.48. The molecule has 0 atom stereocenters. The summed E-state index contributed by atoms with van der Waals surface area (Å²) in [4.78, 5) is 36.0. The maximum atomic E-state index is 10.5. The number of amides is 2. The highest BCUT2D eigenvalue weighted by Crippen LogP contribution is 2.14. The number of nitrogens with two attached hydrogens (primary N) is 1. The average Bonchev–Trinajstić information content (AvgIpc) is 2.38. The monoisotopic (exact) mass is 292 g/mol. The Labute approximate surface area is 116 Å². The molecule has 0 unspecified atom stereocenters. The summed E-state index contributed by atoms with van der Waals surface area (Å²) in [7, 11) is 0. The topological polar surface area (TPSA) is 148 Å². The van der Waals surface area contributed by atoms with Crippen molar-refractivity contribution in [2.75, 3.05) is 32.8 Å². The van der Waals surface area contributed by atoms with Crippen LogP contribution in [0.15, 0.2) is 0 Å². The third-order valence-electron chi connectivity index (χ3n) is 2.54. The van der Waals surface area contributed by atoms with E-state index in [4.69, 9.17) is 10.8 Å². The van der Waals surface area contributed by atoms with Crippen LogP contribution < -0.4 is 11.1 Å². The molecule has 0 radical (unpaired) electrons. The van der Waals surface area contributed by atoms with Crippen molar-refractivity contribution in [1.82, 2.24) is 10.2 Å². The first-order valence-corrected chi connectivity index (χ1v) is 5.92. The number of piperazine rings is 1. The van der Waals surface area contributed by atoms with Crippen LogP contribution in [-0.2, 0) is 9.63 Å². The summed E-state index contributed by atoms with van der Waals surface area (Å²) in [6.45, 7) is 5.48. The van der Waals surface area contributed by atoms with Gasteiger partial charge < -0.3 is 25.9 Å². The second kappa shape index (κ2) is 8.15. The Bertz CT molecular complexity index is 354. The summed E-state index contributed by atoms with van der Waals surface area (Å²) in [6, 6.07) is -0.309. The quantitative estimate of drug-likeness (QED) is 0.457. The van der Waals surface area contributed by atoms with E-state index in [1.54, 1.807) is 4.90 Å². The van der Waals surface area contributed by atoms with Gasteiger partial charge in [0.25, 0.3) is 5.09 Å². The molecular weight excluding hydrogens is 272 g/mol. The lowest BCUT2D eigenvalue weighted by molar-refractivity contribution is -0.760. The maximum Gasteiger partial charge on any atom is 0.314 e. The third kappa shape index (κ3) is 7.36. The number of nitrogens with one attached hydrogen (secondary N) is 1. The summed E-state index contributed by atoms with van der Waals surface area (Å²) in [6.07, 6.45) is 0. The van der Waals surface area contributed by atoms with Crippen molar-refractivity contribution in [3.8, 4) is 0 Å². The van der Waals surface area contributed by atoms with Crippen LogP contribution in [0.3, 0.4) is 0 Å². The van der Waals surface area contributed by atoms with Gasteiger partial charge >= 0.3 is 12.0 Å². The van der Waals surface area contributed by atoms with Crippen molar-refractivity contribution < 1.29 is 24.6 Å². The number of carbonyl (C=O) groups is 2. The molecular formula is C10H20N4O6. The van der Waals surface area contributed by atoms with E-state index in [0.717, 1.165) is 26.2 Å². The first kappa shape index (κ1) is 17.9. The van der Waals surface area contributed by atoms with Gasteiger partial charge in [0, 0.05) is 26.2 Å². The van der Waals surface area contributed by atoms with E-state index < -0.39 is 23.1 Å². The molecule has 4 N–H and O–H groups in total. The predicted molar refractivity (Wildman–Crippen MR) is 68.4 cm³/mol. The molecule has 1 aliphatic heterocycles. The molecule has 1 heterocycles. The van der Waals surface area contributed by atoms with Crippen LogP contribution in [0.2, 0.25) is 0 Å². The van der Waals surface area contributed by atoms with Crippen LogP contribution in [0, 0.1) is 15.5 Å². The molecule has 1 saturated heterocycles. The van der Waals surface area contributed by atoms with Gasteiger partial charge in [-0.05, 0) is 13.8 Å². The first-order chi connectivity index (χ1) is 9.16. The Morgan fingerprint density at radius 3 is 2.25 bits per heavy atom. The van der Waals surface area contributed by atoms with Gasteiger partial charge in [-0.15, -0.1) is 10.1 Å². The molecule has 0 aromatic heterocycles. The second-order valence-electron chi connectivity index (χ2n) is 4.76. The summed E-state index contributed by atoms with van der Waals surface area (Å²) in [5.41, 5.74) is 3.81. The van der Waals surface area contributed by atoms with Crippen molar-refractivity contribution in [3.05, 3.63) is 10.1 Å². The third-order valence-corrected chi connectivity index (χ3v) is 2.54. The molecule has 0 saturated carbocycles. The number of aliphatic carboxylic acids is 1. The summed E-state index contributed by atoms with van der Waals surface area (Å²) < 4.78 is 0. The van der Waals surface area contributed by atoms with Crippen molar-refractivity contribution in [1.29, 1.82) is 0 Å². The van der Waals surface area contributed by atoms with Crippen molar-refractivity contribution >= 4 is 12.0 Å². The fourth-order valence-corrected chi connectivity index (χ4v) is 1.16. The average molecular weight is 292 g/mol. The molecule has 0 bridgehead atoms. The van der Waals surface area contributed by atoms with E-state index in [9.17, 15) is 19.7 Å². The van der Waals surface area contributed by atoms with Crippen molar-refractivity contribution in [3.63, 3.8) is 0 Å². The summed E-state index contributed by atoms with van der Waals surface area (Å²) in [5, 5.41) is 20.2. The Morgan fingerprint density at radius 1 is 1.45 bits per heavy atom. The number of urea groups is 1. The number of nitrogens with zero attached hydrogens (tertiary/aromatic N) is 2. The Kier molecular flexibility index (Phi) is 7.29. The normalized spacial score (nSPS) is 14.8. The van der Waals surface area contributed by atoms with E-state index in [2.05, 4.69) is 10.2 Å². The second-order valence-corrected chi connectivity index (χ2v) is 4.76. The van der Waals surface area contributed by atoms with Gasteiger partial charge in [-0.2, -0.15) is 0 Å². The molecule has 10 heteroatoms.